The molecule has 0 aromatic heterocycles. The fraction of sp³-hybridized carbons (Fsp3) is 0.407. The lowest BCUT2D eigenvalue weighted by Crippen LogP contribution is -2.38. The van der Waals surface area contributed by atoms with Crippen molar-refractivity contribution in [3.8, 4) is 0 Å². The Hall–Kier alpha value is -2.92. The van der Waals surface area contributed by atoms with E-state index >= 15 is 0 Å². The van der Waals surface area contributed by atoms with Gasteiger partial charge in [0.1, 0.15) is 0 Å². The molecule has 0 saturated heterocycles. The zero-order valence-corrected chi connectivity index (χ0v) is 19.4. The number of nitrogens with zero attached hydrogens (tertiary/aromatic N) is 1. The van der Waals surface area contributed by atoms with Gasteiger partial charge >= 0.3 is 11.9 Å². The van der Waals surface area contributed by atoms with Crippen molar-refractivity contribution in [2.45, 2.75) is 57.7 Å². The number of carbonyl (C=O) groups excluding carboxylic acids is 2. The van der Waals surface area contributed by atoms with Crippen molar-refractivity contribution in [3.05, 3.63) is 83.9 Å². The van der Waals surface area contributed by atoms with Gasteiger partial charge in [0.05, 0.1) is 20.6 Å². The van der Waals surface area contributed by atoms with E-state index in [0.29, 0.717) is 6.42 Å². The Kier molecular flexibility index (Phi) is 11.2. The Morgan fingerprint density at radius 3 is 2.22 bits per heavy atom. The summed E-state index contributed by atoms with van der Waals surface area (Å²) in [5.41, 5.74) is 2.44. The average Bonchev–Trinajstić information content (AvgIpc) is 2.84. The van der Waals surface area contributed by atoms with E-state index in [1.165, 1.54) is 31.4 Å². The van der Waals surface area contributed by atoms with Gasteiger partial charge in [0.15, 0.2) is 0 Å². The highest BCUT2D eigenvalue weighted by Gasteiger charge is 2.27. The third-order valence-electron chi connectivity index (χ3n) is 5.70. The summed E-state index contributed by atoms with van der Waals surface area (Å²) >= 11 is 0. The second-order valence-electron chi connectivity index (χ2n) is 7.89. The van der Waals surface area contributed by atoms with E-state index in [1.54, 1.807) is 0 Å². The minimum atomic E-state index is -0.334. The number of benzene rings is 2. The van der Waals surface area contributed by atoms with Crippen molar-refractivity contribution < 1.29 is 19.1 Å². The van der Waals surface area contributed by atoms with Crippen LogP contribution in [0.25, 0.3) is 0 Å². The first-order valence-corrected chi connectivity index (χ1v) is 11.2. The Balaban J connectivity index is 2.16. The molecule has 0 aliphatic carbocycles. The number of methoxy groups -OCH3 is 2. The summed E-state index contributed by atoms with van der Waals surface area (Å²) in [5.74, 6) is -0.529. The van der Waals surface area contributed by atoms with Crippen molar-refractivity contribution >= 4 is 11.9 Å². The molecule has 0 heterocycles. The van der Waals surface area contributed by atoms with Gasteiger partial charge in [-0.1, -0.05) is 73.2 Å². The SMILES string of the molecule is COC(=O)/C=C/CCCCC(CC(=O)OC)N(Cc1ccccc1)[C@H](C)c1ccccc1. The van der Waals surface area contributed by atoms with Crippen LogP contribution in [-0.4, -0.2) is 37.1 Å². The predicted octanol–water partition coefficient (Wildman–Crippen LogP) is 5.47. The summed E-state index contributed by atoms with van der Waals surface area (Å²) in [4.78, 5) is 25.9. The second kappa shape index (κ2) is 14.2. The molecule has 0 fully saturated rings. The summed E-state index contributed by atoms with van der Waals surface area (Å²) in [6.07, 6.45) is 7.20. The van der Waals surface area contributed by atoms with E-state index in [4.69, 9.17) is 4.74 Å². The van der Waals surface area contributed by atoms with E-state index in [9.17, 15) is 9.59 Å². The van der Waals surface area contributed by atoms with E-state index in [1.807, 2.05) is 30.3 Å². The molecule has 0 saturated carbocycles. The van der Waals surface area contributed by atoms with E-state index < -0.39 is 0 Å². The number of carbonyl (C=O) groups is 2. The minimum absolute atomic E-state index is 0.0439. The van der Waals surface area contributed by atoms with Gasteiger partial charge in [0.2, 0.25) is 0 Å². The number of ether oxygens (including phenoxy) is 2. The monoisotopic (exact) mass is 437 g/mol. The van der Waals surface area contributed by atoms with E-state index in [-0.39, 0.29) is 24.0 Å². The number of hydrogen-bond acceptors (Lipinski definition) is 5. The van der Waals surface area contributed by atoms with Gasteiger partial charge < -0.3 is 9.47 Å². The van der Waals surface area contributed by atoms with Crippen LogP contribution in [-0.2, 0) is 25.6 Å². The van der Waals surface area contributed by atoms with Crippen LogP contribution in [0.1, 0.15) is 56.2 Å². The molecule has 0 aliphatic heterocycles. The fourth-order valence-corrected chi connectivity index (χ4v) is 3.85. The van der Waals surface area contributed by atoms with Crippen LogP contribution in [0.15, 0.2) is 72.8 Å². The van der Waals surface area contributed by atoms with E-state index in [2.05, 4.69) is 53.0 Å². The first-order chi connectivity index (χ1) is 15.5. The third kappa shape index (κ3) is 8.67. The predicted molar refractivity (Wildman–Crippen MR) is 127 cm³/mol. The maximum atomic E-state index is 12.3. The van der Waals surface area contributed by atoms with Crippen molar-refractivity contribution in [3.63, 3.8) is 0 Å². The molecule has 2 atom stereocenters. The highest BCUT2D eigenvalue weighted by Crippen LogP contribution is 2.28. The Bertz CT molecular complexity index is 835. The molecule has 5 nitrogen and oxygen atoms in total. The maximum Gasteiger partial charge on any atom is 0.330 e. The quantitative estimate of drug-likeness (QED) is 0.236. The van der Waals surface area contributed by atoms with Gasteiger partial charge in [-0.15, -0.1) is 0 Å². The first kappa shape index (κ1) is 25.3. The van der Waals surface area contributed by atoms with Crippen molar-refractivity contribution in [1.82, 2.24) is 4.90 Å². The molecule has 0 aliphatic rings. The molecule has 0 amide bonds. The molecule has 2 rings (SSSR count). The second-order valence-corrected chi connectivity index (χ2v) is 7.89. The van der Waals surface area contributed by atoms with Crippen LogP contribution < -0.4 is 0 Å². The van der Waals surface area contributed by atoms with Gasteiger partial charge in [0, 0.05) is 24.7 Å². The molecule has 0 radical (unpaired) electrons. The fourth-order valence-electron chi connectivity index (χ4n) is 3.85. The molecular weight excluding hydrogens is 402 g/mol. The van der Waals surface area contributed by atoms with Gasteiger partial charge in [0.25, 0.3) is 0 Å². The number of unbranched alkanes of at least 4 members (excludes halogenated alkanes) is 2. The topological polar surface area (TPSA) is 55.8 Å². The molecular formula is C27H35NO4. The molecule has 1 unspecified atom stereocenters. The minimum Gasteiger partial charge on any atom is -0.469 e. The number of allylic oxidation sites excluding steroid dienone is 1. The average molecular weight is 438 g/mol. The van der Waals surface area contributed by atoms with Crippen LogP contribution in [0.4, 0.5) is 0 Å². The molecule has 0 spiro atoms. The largest absolute Gasteiger partial charge is 0.469 e. The van der Waals surface area contributed by atoms with Crippen LogP contribution in [0.5, 0.6) is 0 Å². The van der Waals surface area contributed by atoms with Crippen molar-refractivity contribution in [1.29, 1.82) is 0 Å². The summed E-state index contributed by atoms with van der Waals surface area (Å²) in [5, 5.41) is 0. The van der Waals surface area contributed by atoms with Gasteiger partial charge in [-0.2, -0.15) is 0 Å². The van der Waals surface area contributed by atoms with Crippen LogP contribution in [0.2, 0.25) is 0 Å². The van der Waals surface area contributed by atoms with Crippen LogP contribution >= 0.6 is 0 Å². The summed E-state index contributed by atoms with van der Waals surface area (Å²) in [6, 6.07) is 20.9. The van der Waals surface area contributed by atoms with Crippen molar-refractivity contribution in [2.24, 2.45) is 0 Å². The molecule has 5 heteroatoms. The van der Waals surface area contributed by atoms with Crippen LogP contribution in [0, 0.1) is 0 Å². The van der Waals surface area contributed by atoms with Gasteiger partial charge in [-0.05, 0) is 37.3 Å². The number of esters is 2. The maximum absolute atomic E-state index is 12.3. The standard InChI is InChI=1S/C27H35NO4/c1-22(24-16-10-7-11-17-24)28(21-23-14-8-6-9-15-23)25(20-27(30)32-3)18-12-4-5-13-19-26(29)31-2/h6-11,13-17,19,22,25H,4-5,12,18,20-21H2,1-3H3/b19-13+/t22-,25?/m1/s1. The van der Waals surface area contributed by atoms with Crippen molar-refractivity contribution in [2.75, 3.05) is 14.2 Å². The Morgan fingerprint density at radius 2 is 1.59 bits per heavy atom. The Morgan fingerprint density at radius 1 is 0.938 bits per heavy atom. The molecule has 2 aromatic carbocycles. The smallest absolute Gasteiger partial charge is 0.330 e. The zero-order chi connectivity index (χ0) is 23.2. The first-order valence-electron chi connectivity index (χ1n) is 11.2. The summed E-state index contributed by atoms with van der Waals surface area (Å²) < 4.78 is 9.65. The van der Waals surface area contributed by atoms with Crippen LogP contribution in [0.3, 0.4) is 0 Å². The highest BCUT2D eigenvalue weighted by atomic mass is 16.5. The number of hydrogen-bond donors (Lipinski definition) is 0. The molecule has 172 valence electrons. The Labute approximate surface area is 192 Å². The normalized spacial score (nSPS) is 13.1. The molecule has 0 bridgehead atoms. The zero-order valence-electron chi connectivity index (χ0n) is 19.4. The summed E-state index contributed by atoms with van der Waals surface area (Å²) in [7, 11) is 2.82. The molecule has 32 heavy (non-hydrogen) atoms. The summed E-state index contributed by atoms with van der Waals surface area (Å²) in [6.45, 7) is 2.95. The molecule has 2 aromatic rings. The molecule has 0 N–H and O–H groups in total. The highest BCUT2D eigenvalue weighted by molar-refractivity contribution is 5.81. The number of rotatable bonds is 13. The lowest BCUT2D eigenvalue weighted by molar-refractivity contribution is -0.142. The van der Waals surface area contributed by atoms with Gasteiger partial charge in [-0.3, -0.25) is 9.69 Å². The third-order valence-corrected chi connectivity index (χ3v) is 5.70. The lowest BCUT2D eigenvalue weighted by atomic mass is 9.98. The lowest BCUT2D eigenvalue weighted by Gasteiger charge is -2.37. The van der Waals surface area contributed by atoms with E-state index in [0.717, 1.165) is 32.2 Å². The van der Waals surface area contributed by atoms with Gasteiger partial charge in [-0.25, -0.2) is 4.79 Å².